The standard InChI is InChI=1S/C16H29N3O.2ClH/c1-18(2)12-13-3-9-19(10-4-13)15(20)14-11-16(14)5-7-17-8-6-16;;/h13-14,17H,3-12H2,1-2H3;2*1H. The van der Waals surface area contributed by atoms with Gasteiger partial charge in [0, 0.05) is 25.6 Å². The Balaban J connectivity index is 0.00000121. The summed E-state index contributed by atoms with van der Waals surface area (Å²) in [5, 5.41) is 3.41. The van der Waals surface area contributed by atoms with E-state index in [1.54, 1.807) is 0 Å². The molecule has 3 rings (SSSR count). The lowest BCUT2D eigenvalue weighted by Crippen LogP contribution is -2.42. The van der Waals surface area contributed by atoms with Crippen LogP contribution < -0.4 is 5.32 Å². The van der Waals surface area contributed by atoms with E-state index in [4.69, 9.17) is 0 Å². The summed E-state index contributed by atoms with van der Waals surface area (Å²) in [7, 11) is 4.28. The second-order valence-corrected chi connectivity index (χ2v) is 7.40. The highest BCUT2D eigenvalue weighted by molar-refractivity contribution is 5.85. The summed E-state index contributed by atoms with van der Waals surface area (Å²) in [6.45, 7) is 5.36. The highest BCUT2D eigenvalue weighted by atomic mass is 35.5. The molecule has 1 spiro atoms. The molecule has 2 saturated heterocycles. The smallest absolute Gasteiger partial charge is 0.226 e. The van der Waals surface area contributed by atoms with Crippen LogP contribution in [0.4, 0.5) is 0 Å². The molecule has 3 fully saturated rings. The number of piperidine rings is 2. The van der Waals surface area contributed by atoms with E-state index in [2.05, 4.69) is 29.2 Å². The van der Waals surface area contributed by atoms with Crippen molar-refractivity contribution in [3.63, 3.8) is 0 Å². The molecule has 1 N–H and O–H groups in total. The summed E-state index contributed by atoms with van der Waals surface area (Å²) in [6.07, 6.45) is 5.95. The van der Waals surface area contributed by atoms with E-state index in [1.165, 1.54) is 32.2 Å². The molecule has 1 atom stereocenters. The third-order valence-corrected chi connectivity index (χ3v) is 5.64. The van der Waals surface area contributed by atoms with Gasteiger partial charge in [-0.3, -0.25) is 4.79 Å². The number of nitrogens with zero attached hydrogens (tertiary/aromatic N) is 2. The Labute approximate surface area is 147 Å². The topological polar surface area (TPSA) is 35.6 Å². The van der Waals surface area contributed by atoms with Crippen LogP contribution in [0.2, 0.25) is 0 Å². The van der Waals surface area contributed by atoms with Gasteiger partial charge in [0.2, 0.25) is 5.91 Å². The van der Waals surface area contributed by atoms with Crippen molar-refractivity contribution in [3.05, 3.63) is 0 Å². The molecular formula is C16H31Cl2N3O. The molecule has 1 unspecified atom stereocenters. The molecule has 6 heteroatoms. The summed E-state index contributed by atoms with van der Waals surface area (Å²) >= 11 is 0. The zero-order valence-corrected chi connectivity index (χ0v) is 15.5. The number of carbonyl (C=O) groups is 1. The molecule has 22 heavy (non-hydrogen) atoms. The molecule has 1 aliphatic carbocycles. The lowest BCUT2D eigenvalue weighted by molar-refractivity contribution is -0.135. The maximum atomic E-state index is 12.7. The molecule has 2 aliphatic heterocycles. The van der Waals surface area contributed by atoms with Crippen molar-refractivity contribution in [3.8, 4) is 0 Å². The third kappa shape index (κ3) is 4.28. The van der Waals surface area contributed by atoms with Gasteiger partial charge in [-0.15, -0.1) is 24.8 Å². The number of hydrogen-bond donors (Lipinski definition) is 1. The van der Waals surface area contributed by atoms with Gasteiger partial charge in [-0.1, -0.05) is 0 Å². The average Bonchev–Trinajstić information content (AvgIpc) is 3.12. The molecule has 0 radical (unpaired) electrons. The molecule has 2 heterocycles. The van der Waals surface area contributed by atoms with Crippen LogP contribution in [0.15, 0.2) is 0 Å². The van der Waals surface area contributed by atoms with Gasteiger partial charge in [-0.25, -0.2) is 0 Å². The number of nitrogens with one attached hydrogen (secondary N) is 1. The first-order chi connectivity index (χ1) is 9.61. The molecular weight excluding hydrogens is 321 g/mol. The summed E-state index contributed by atoms with van der Waals surface area (Å²) in [5.74, 6) is 1.60. The van der Waals surface area contributed by atoms with Crippen molar-refractivity contribution in [2.24, 2.45) is 17.3 Å². The fourth-order valence-electron chi connectivity index (χ4n) is 4.25. The maximum absolute atomic E-state index is 12.7. The van der Waals surface area contributed by atoms with Gasteiger partial charge in [0.05, 0.1) is 0 Å². The number of likely N-dealkylation sites (tertiary alicyclic amines) is 1. The van der Waals surface area contributed by atoms with Crippen LogP contribution in [0, 0.1) is 17.3 Å². The fraction of sp³-hybridized carbons (Fsp3) is 0.938. The monoisotopic (exact) mass is 351 g/mol. The van der Waals surface area contributed by atoms with Crippen LogP contribution >= 0.6 is 24.8 Å². The Morgan fingerprint density at radius 2 is 1.77 bits per heavy atom. The van der Waals surface area contributed by atoms with Crippen LogP contribution in [-0.4, -0.2) is 62.5 Å². The molecule has 3 aliphatic rings. The van der Waals surface area contributed by atoms with Gasteiger partial charge < -0.3 is 15.1 Å². The molecule has 1 saturated carbocycles. The normalized spacial score (nSPS) is 27.2. The van der Waals surface area contributed by atoms with Gasteiger partial charge in [-0.05, 0) is 70.6 Å². The fourth-order valence-corrected chi connectivity index (χ4v) is 4.25. The zero-order chi connectivity index (χ0) is 14.2. The summed E-state index contributed by atoms with van der Waals surface area (Å²) in [4.78, 5) is 17.1. The molecule has 0 aromatic carbocycles. The van der Waals surface area contributed by atoms with Crippen LogP contribution in [0.5, 0.6) is 0 Å². The minimum Gasteiger partial charge on any atom is -0.342 e. The van der Waals surface area contributed by atoms with Crippen molar-refractivity contribution >= 4 is 30.7 Å². The van der Waals surface area contributed by atoms with Gasteiger partial charge in [-0.2, -0.15) is 0 Å². The Hall–Kier alpha value is -0.0300. The maximum Gasteiger partial charge on any atom is 0.226 e. The second kappa shape index (κ2) is 8.18. The Bertz CT molecular complexity index is 364. The van der Waals surface area contributed by atoms with E-state index in [0.29, 0.717) is 17.2 Å². The molecule has 0 bridgehead atoms. The number of carbonyl (C=O) groups excluding carboxylic acids is 1. The first-order valence-electron chi connectivity index (χ1n) is 8.25. The zero-order valence-electron chi connectivity index (χ0n) is 13.8. The van der Waals surface area contributed by atoms with Gasteiger partial charge in [0.1, 0.15) is 0 Å². The van der Waals surface area contributed by atoms with Gasteiger partial charge in [0.15, 0.2) is 0 Å². The molecule has 4 nitrogen and oxygen atoms in total. The van der Waals surface area contributed by atoms with Crippen LogP contribution in [-0.2, 0) is 4.79 Å². The van der Waals surface area contributed by atoms with Crippen molar-refractivity contribution in [2.75, 3.05) is 46.8 Å². The van der Waals surface area contributed by atoms with E-state index in [9.17, 15) is 4.79 Å². The first kappa shape index (κ1) is 20.0. The quantitative estimate of drug-likeness (QED) is 0.844. The minimum absolute atomic E-state index is 0. The van der Waals surface area contributed by atoms with Crippen LogP contribution in [0.25, 0.3) is 0 Å². The van der Waals surface area contributed by atoms with Gasteiger partial charge >= 0.3 is 0 Å². The summed E-state index contributed by atoms with van der Waals surface area (Å²) in [6, 6.07) is 0. The molecule has 130 valence electrons. The van der Waals surface area contributed by atoms with Crippen molar-refractivity contribution < 1.29 is 4.79 Å². The summed E-state index contributed by atoms with van der Waals surface area (Å²) < 4.78 is 0. The predicted octanol–water partition coefficient (Wildman–Crippen LogP) is 2.02. The Morgan fingerprint density at radius 1 is 1.18 bits per heavy atom. The lowest BCUT2D eigenvalue weighted by Gasteiger charge is -2.34. The molecule has 0 aromatic heterocycles. The second-order valence-electron chi connectivity index (χ2n) is 7.40. The van der Waals surface area contributed by atoms with Gasteiger partial charge in [0.25, 0.3) is 0 Å². The largest absolute Gasteiger partial charge is 0.342 e. The van der Waals surface area contributed by atoms with E-state index >= 15 is 0 Å². The minimum atomic E-state index is 0. The molecule has 0 aromatic rings. The number of halogens is 2. The van der Waals surface area contributed by atoms with Crippen molar-refractivity contribution in [1.82, 2.24) is 15.1 Å². The number of hydrogen-bond acceptors (Lipinski definition) is 3. The first-order valence-corrected chi connectivity index (χ1v) is 8.25. The Kier molecular flexibility index (Phi) is 7.44. The van der Waals surface area contributed by atoms with E-state index in [-0.39, 0.29) is 24.8 Å². The van der Waals surface area contributed by atoms with E-state index in [1.807, 2.05) is 0 Å². The third-order valence-electron chi connectivity index (χ3n) is 5.64. The van der Waals surface area contributed by atoms with E-state index < -0.39 is 0 Å². The SMILES string of the molecule is CN(C)CC1CCN(C(=O)C2CC23CCNCC3)CC1.Cl.Cl. The van der Waals surface area contributed by atoms with Crippen molar-refractivity contribution in [1.29, 1.82) is 0 Å². The predicted molar refractivity (Wildman–Crippen MR) is 95.0 cm³/mol. The number of rotatable bonds is 3. The van der Waals surface area contributed by atoms with Crippen LogP contribution in [0.3, 0.4) is 0 Å². The molecule has 1 amide bonds. The average molecular weight is 352 g/mol. The van der Waals surface area contributed by atoms with E-state index in [0.717, 1.165) is 38.5 Å². The highest BCUT2D eigenvalue weighted by Crippen LogP contribution is 2.59. The highest BCUT2D eigenvalue weighted by Gasteiger charge is 2.58. The summed E-state index contributed by atoms with van der Waals surface area (Å²) in [5.41, 5.74) is 0.392. The number of amides is 1. The Morgan fingerprint density at radius 3 is 2.32 bits per heavy atom. The lowest BCUT2D eigenvalue weighted by atomic mass is 9.91. The van der Waals surface area contributed by atoms with Crippen LogP contribution in [0.1, 0.15) is 32.1 Å². The van der Waals surface area contributed by atoms with Crippen molar-refractivity contribution in [2.45, 2.75) is 32.1 Å².